The molecule has 1 aromatic rings. The molecule has 102 valence electrons. The summed E-state index contributed by atoms with van der Waals surface area (Å²) in [5.74, 6) is 0. The highest BCUT2D eigenvalue weighted by atomic mass is 32.2. The summed E-state index contributed by atoms with van der Waals surface area (Å²) in [6.45, 7) is 7.41. The third-order valence-corrected chi connectivity index (χ3v) is 4.59. The number of hydrogen-bond acceptors (Lipinski definition) is 3. The van der Waals surface area contributed by atoms with Gasteiger partial charge in [0.05, 0.1) is 4.90 Å². The van der Waals surface area contributed by atoms with Crippen LogP contribution in [0.15, 0.2) is 29.2 Å². The van der Waals surface area contributed by atoms with Crippen molar-refractivity contribution in [2.24, 2.45) is 5.41 Å². The van der Waals surface area contributed by atoms with Crippen molar-refractivity contribution in [3.8, 4) is 0 Å². The van der Waals surface area contributed by atoms with E-state index in [9.17, 15) is 8.42 Å². The molecule has 5 heteroatoms. The normalized spacial score (nSPS) is 12.4. The molecular formula is C13H22N2O2S. The first-order valence-electron chi connectivity index (χ1n) is 6.08. The van der Waals surface area contributed by atoms with Crippen LogP contribution in [0.25, 0.3) is 0 Å². The summed E-state index contributed by atoms with van der Waals surface area (Å²) < 4.78 is 25.4. The Morgan fingerprint density at radius 3 is 2.17 bits per heavy atom. The molecular weight excluding hydrogens is 248 g/mol. The first-order chi connectivity index (χ1) is 8.30. The van der Waals surface area contributed by atoms with E-state index in [1.54, 1.807) is 24.3 Å². The molecule has 2 N–H and O–H groups in total. The molecule has 0 atom stereocenters. The summed E-state index contributed by atoms with van der Waals surface area (Å²) in [5, 5.41) is 3.32. The van der Waals surface area contributed by atoms with Crippen molar-refractivity contribution >= 4 is 15.7 Å². The second-order valence-corrected chi connectivity index (χ2v) is 6.99. The predicted molar refractivity (Wildman–Crippen MR) is 75.2 cm³/mol. The van der Waals surface area contributed by atoms with Gasteiger partial charge in [-0.25, -0.2) is 13.1 Å². The van der Waals surface area contributed by atoms with Crippen LogP contribution in [0.4, 0.5) is 5.69 Å². The average molecular weight is 270 g/mol. The first-order valence-corrected chi connectivity index (χ1v) is 7.56. The number of anilines is 1. The molecule has 0 saturated carbocycles. The number of rotatable bonds is 6. The maximum Gasteiger partial charge on any atom is 0.240 e. The summed E-state index contributed by atoms with van der Waals surface area (Å²) in [6, 6.07) is 6.78. The molecule has 0 aromatic heterocycles. The van der Waals surface area contributed by atoms with Gasteiger partial charge in [0, 0.05) is 12.2 Å². The zero-order chi connectivity index (χ0) is 13.8. The summed E-state index contributed by atoms with van der Waals surface area (Å²) in [4.78, 5) is 0.283. The molecule has 0 bridgehead atoms. The molecule has 18 heavy (non-hydrogen) atoms. The number of hydrogen-bond donors (Lipinski definition) is 2. The lowest BCUT2D eigenvalue weighted by molar-refractivity contribution is 0.377. The lowest BCUT2D eigenvalue weighted by atomic mass is 9.90. The van der Waals surface area contributed by atoms with Crippen molar-refractivity contribution in [1.29, 1.82) is 0 Å². The van der Waals surface area contributed by atoms with Crippen LogP contribution < -0.4 is 10.0 Å². The van der Waals surface area contributed by atoms with Crippen LogP contribution in [0.2, 0.25) is 0 Å². The SMILES string of the molecule is CCC(C)(C)CNc1ccc(S(=O)(=O)NC)cc1. The minimum absolute atomic E-state index is 0.232. The molecule has 0 spiro atoms. The van der Waals surface area contributed by atoms with Crippen LogP contribution in [0, 0.1) is 5.41 Å². The molecule has 0 aliphatic carbocycles. The molecule has 0 saturated heterocycles. The molecule has 0 radical (unpaired) electrons. The first kappa shape index (κ1) is 15.0. The van der Waals surface area contributed by atoms with Crippen molar-refractivity contribution < 1.29 is 8.42 Å². The van der Waals surface area contributed by atoms with Crippen molar-refractivity contribution in [2.45, 2.75) is 32.1 Å². The van der Waals surface area contributed by atoms with E-state index in [1.807, 2.05) is 0 Å². The highest BCUT2D eigenvalue weighted by molar-refractivity contribution is 7.89. The van der Waals surface area contributed by atoms with Crippen LogP contribution >= 0.6 is 0 Å². The Hall–Kier alpha value is -1.07. The van der Waals surface area contributed by atoms with Gasteiger partial charge in [-0.2, -0.15) is 0 Å². The molecule has 0 unspecified atom stereocenters. The van der Waals surface area contributed by atoms with Crippen LogP contribution in [0.3, 0.4) is 0 Å². The molecule has 1 aromatic carbocycles. The monoisotopic (exact) mass is 270 g/mol. The largest absolute Gasteiger partial charge is 0.385 e. The quantitative estimate of drug-likeness (QED) is 0.834. The predicted octanol–water partition coefficient (Wildman–Crippen LogP) is 2.44. The Bertz CT molecular complexity index is 478. The van der Waals surface area contributed by atoms with E-state index in [0.29, 0.717) is 0 Å². The van der Waals surface area contributed by atoms with Crippen LogP contribution in [0.1, 0.15) is 27.2 Å². The van der Waals surface area contributed by atoms with Crippen molar-refractivity contribution in [2.75, 3.05) is 18.9 Å². The second-order valence-electron chi connectivity index (χ2n) is 5.10. The van der Waals surface area contributed by atoms with Gasteiger partial charge < -0.3 is 5.32 Å². The van der Waals surface area contributed by atoms with E-state index < -0.39 is 10.0 Å². The van der Waals surface area contributed by atoms with Gasteiger partial charge in [0.1, 0.15) is 0 Å². The second kappa shape index (κ2) is 5.71. The summed E-state index contributed by atoms with van der Waals surface area (Å²) in [7, 11) is -1.93. The number of sulfonamides is 1. The molecule has 4 nitrogen and oxygen atoms in total. The van der Waals surface area contributed by atoms with Gasteiger partial charge in [-0.05, 0) is 43.1 Å². The van der Waals surface area contributed by atoms with Gasteiger partial charge in [0.25, 0.3) is 0 Å². The van der Waals surface area contributed by atoms with E-state index >= 15 is 0 Å². The Morgan fingerprint density at radius 1 is 1.17 bits per heavy atom. The Labute approximate surface area is 110 Å². The highest BCUT2D eigenvalue weighted by Gasteiger charge is 2.15. The Balaban J connectivity index is 2.73. The molecule has 0 aliphatic heterocycles. The summed E-state index contributed by atoms with van der Waals surface area (Å²) in [5.41, 5.74) is 1.17. The lowest BCUT2D eigenvalue weighted by Gasteiger charge is -2.23. The zero-order valence-electron chi connectivity index (χ0n) is 11.4. The van der Waals surface area contributed by atoms with Gasteiger partial charge >= 0.3 is 0 Å². The molecule has 0 aliphatic rings. The minimum Gasteiger partial charge on any atom is -0.385 e. The van der Waals surface area contributed by atoms with Crippen molar-refractivity contribution in [3.05, 3.63) is 24.3 Å². The zero-order valence-corrected chi connectivity index (χ0v) is 12.3. The number of nitrogens with one attached hydrogen (secondary N) is 2. The summed E-state index contributed by atoms with van der Waals surface area (Å²) >= 11 is 0. The van der Waals surface area contributed by atoms with Crippen LogP contribution in [-0.4, -0.2) is 22.0 Å². The van der Waals surface area contributed by atoms with Gasteiger partial charge in [-0.15, -0.1) is 0 Å². The fraction of sp³-hybridized carbons (Fsp3) is 0.538. The van der Waals surface area contributed by atoms with E-state index in [4.69, 9.17) is 0 Å². The fourth-order valence-electron chi connectivity index (χ4n) is 1.34. The molecule has 1 rings (SSSR count). The van der Waals surface area contributed by atoms with E-state index in [2.05, 4.69) is 30.8 Å². The highest BCUT2D eigenvalue weighted by Crippen LogP contribution is 2.21. The van der Waals surface area contributed by atoms with Gasteiger partial charge in [-0.3, -0.25) is 0 Å². The topological polar surface area (TPSA) is 58.2 Å². The Kier molecular flexibility index (Phi) is 4.76. The molecule has 0 fully saturated rings. The van der Waals surface area contributed by atoms with Crippen LogP contribution in [0.5, 0.6) is 0 Å². The standard InChI is InChI=1S/C13H22N2O2S/c1-5-13(2,3)10-15-11-6-8-12(9-7-11)18(16,17)14-4/h6-9,14-15H,5,10H2,1-4H3. The molecule has 0 amide bonds. The van der Waals surface area contributed by atoms with Crippen molar-refractivity contribution in [1.82, 2.24) is 4.72 Å². The Morgan fingerprint density at radius 2 is 1.72 bits per heavy atom. The average Bonchev–Trinajstić information content (AvgIpc) is 2.37. The van der Waals surface area contributed by atoms with Gasteiger partial charge in [0.2, 0.25) is 10.0 Å². The number of benzene rings is 1. The van der Waals surface area contributed by atoms with E-state index in [1.165, 1.54) is 7.05 Å². The van der Waals surface area contributed by atoms with Gasteiger partial charge in [0.15, 0.2) is 0 Å². The maximum atomic E-state index is 11.5. The third-order valence-electron chi connectivity index (χ3n) is 3.16. The van der Waals surface area contributed by atoms with Crippen molar-refractivity contribution in [3.63, 3.8) is 0 Å². The maximum absolute atomic E-state index is 11.5. The summed E-state index contributed by atoms with van der Waals surface area (Å²) in [6.07, 6.45) is 1.09. The smallest absolute Gasteiger partial charge is 0.240 e. The fourth-order valence-corrected chi connectivity index (χ4v) is 2.07. The minimum atomic E-state index is -3.34. The van der Waals surface area contributed by atoms with E-state index in [-0.39, 0.29) is 10.3 Å². The lowest BCUT2D eigenvalue weighted by Crippen LogP contribution is -2.22. The van der Waals surface area contributed by atoms with Gasteiger partial charge in [-0.1, -0.05) is 20.8 Å². The van der Waals surface area contributed by atoms with Crippen LogP contribution in [-0.2, 0) is 10.0 Å². The van der Waals surface area contributed by atoms with E-state index in [0.717, 1.165) is 18.7 Å². The molecule has 0 heterocycles. The third kappa shape index (κ3) is 3.99.